The van der Waals surface area contributed by atoms with Gasteiger partial charge in [0.2, 0.25) is 23.6 Å². The van der Waals surface area contributed by atoms with E-state index in [-0.39, 0.29) is 18.8 Å². The fourth-order valence-corrected chi connectivity index (χ4v) is 3.07. The lowest BCUT2D eigenvalue weighted by atomic mass is 10.0. The van der Waals surface area contributed by atoms with Crippen LogP contribution in [0.5, 0.6) is 0 Å². The second kappa shape index (κ2) is 13.9. The Labute approximate surface area is 197 Å². The Bertz CT molecular complexity index is 862. The lowest BCUT2D eigenvalue weighted by Crippen LogP contribution is -2.58. The molecule has 4 unspecified atom stereocenters. The first-order chi connectivity index (χ1) is 15.9. The van der Waals surface area contributed by atoms with Gasteiger partial charge in [0.25, 0.3) is 0 Å². The van der Waals surface area contributed by atoms with Crippen molar-refractivity contribution in [2.75, 3.05) is 6.61 Å². The Morgan fingerprint density at radius 1 is 0.882 bits per heavy atom. The number of rotatable bonds is 14. The van der Waals surface area contributed by atoms with Crippen molar-refractivity contribution < 1.29 is 34.2 Å². The van der Waals surface area contributed by atoms with Gasteiger partial charge in [-0.05, 0) is 17.9 Å². The van der Waals surface area contributed by atoms with E-state index in [1.165, 1.54) is 0 Å². The summed E-state index contributed by atoms with van der Waals surface area (Å²) in [5.41, 5.74) is 11.4. The average molecular weight is 480 g/mol. The van der Waals surface area contributed by atoms with E-state index < -0.39 is 66.8 Å². The maximum atomic E-state index is 12.9. The summed E-state index contributed by atoms with van der Waals surface area (Å²) in [4.78, 5) is 60.9. The molecule has 0 fully saturated rings. The zero-order valence-electron chi connectivity index (χ0n) is 19.2. The van der Waals surface area contributed by atoms with Crippen LogP contribution < -0.4 is 27.4 Å². The van der Waals surface area contributed by atoms with Crippen molar-refractivity contribution in [3.63, 3.8) is 0 Å². The molecule has 0 bridgehead atoms. The van der Waals surface area contributed by atoms with Crippen molar-refractivity contribution in [3.8, 4) is 0 Å². The molecule has 9 N–H and O–H groups in total. The van der Waals surface area contributed by atoms with E-state index in [1.54, 1.807) is 44.2 Å². The number of carbonyl (C=O) groups is 5. The summed E-state index contributed by atoms with van der Waals surface area (Å²) in [5, 5.41) is 25.7. The third-order valence-electron chi connectivity index (χ3n) is 4.81. The van der Waals surface area contributed by atoms with Crippen LogP contribution in [0.4, 0.5) is 0 Å². The van der Waals surface area contributed by atoms with E-state index in [4.69, 9.17) is 16.6 Å². The summed E-state index contributed by atoms with van der Waals surface area (Å²) in [7, 11) is 0. The molecule has 188 valence electrons. The van der Waals surface area contributed by atoms with Crippen molar-refractivity contribution in [3.05, 3.63) is 35.9 Å². The summed E-state index contributed by atoms with van der Waals surface area (Å²) in [6.07, 6.45) is -0.440. The first kappa shape index (κ1) is 28.5. The van der Waals surface area contributed by atoms with E-state index in [2.05, 4.69) is 16.0 Å². The number of carboxylic acids is 1. The minimum atomic E-state index is -1.47. The quantitative estimate of drug-likeness (QED) is 0.158. The van der Waals surface area contributed by atoms with Gasteiger partial charge >= 0.3 is 5.97 Å². The van der Waals surface area contributed by atoms with Gasteiger partial charge in [0, 0.05) is 6.42 Å². The minimum Gasteiger partial charge on any atom is -0.480 e. The smallest absolute Gasteiger partial charge is 0.326 e. The van der Waals surface area contributed by atoms with Gasteiger partial charge in [-0.3, -0.25) is 19.2 Å². The van der Waals surface area contributed by atoms with Gasteiger partial charge in [-0.1, -0.05) is 44.2 Å². The summed E-state index contributed by atoms with van der Waals surface area (Å²) in [6, 6.07) is 3.43. The summed E-state index contributed by atoms with van der Waals surface area (Å²) in [5.74, 6) is -4.73. The molecular weight excluding hydrogens is 446 g/mol. The van der Waals surface area contributed by atoms with Crippen LogP contribution in [0.1, 0.15) is 32.3 Å². The molecule has 12 nitrogen and oxygen atoms in total. The van der Waals surface area contributed by atoms with E-state index in [1.807, 2.05) is 0 Å². The van der Waals surface area contributed by atoms with Crippen molar-refractivity contribution in [1.29, 1.82) is 0 Å². The molecule has 0 aliphatic heterocycles. The van der Waals surface area contributed by atoms with Gasteiger partial charge in [0.1, 0.15) is 24.2 Å². The molecule has 0 spiro atoms. The van der Waals surface area contributed by atoms with Gasteiger partial charge in [-0.2, -0.15) is 0 Å². The number of aliphatic hydroxyl groups excluding tert-OH is 1. The minimum absolute atomic E-state index is 0.0236. The van der Waals surface area contributed by atoms with Crippen molar-refractivity contribution in [2.24, 2.45) is 17.4 Å². The summed E-state index contributed by atoms with van der Waals surface area (Å²) >= 11 is 0. The van der Waals surface area contributed by atoms with Crippen LogP contribution >= 0.6 is 0 Å². The molecule has 0 aromatic heterocycles. The van der Waals surface area contributed by atoms with Gasteiger partial charge in [-0.15, -0.1) is 0 Å². The van der Waals surface area contributed by atoms with Gasteiger partial charge in [0.05, 0.1) is 13.0 Å². The molecule has 34 heavy (non-hydrogen) atoms. The number of carbonyl (C=O) groups excluding carboxylic acids is 4. The highest BCUT2D eigenvalue weighted by Crippen LogP contribution is 2.08. The molecule has 1 aromatic carbocycles. The molecule has 0 radical (unpaired) electrons. The lowest BCUT2D eigenvalue weighted by Gasteiger charge is -2.25. The SMILES string of the molecule is CC(C)CC(NC(=O)C(N)CO)C(=O)NC(CC(N)=O)C(=O)NC(Cc1ccccc1)C(=O)O. The fourth-order valence-electron chi connectivity index (χ4n) is 3.07. The fraction of sp³-hybridized carbons (Fsp3) is 0.500. The maximum absolute atomic E-state index is 12.9. The Morgan fingerprint density at radius 2 is 1.41 bits per heavy atom. The maximum Gasteiger partial charge on any atom is 0.326 e. The Hall–Kier alpha value is -3.51. The zero-order chi connectivity index (χ0) is 25.8. The first-order valence-corrected chi connectivity index (χ1v) is 10.8. The second-order valence-electron chi connectivity index (χ2n) is 8.30. The molecule has 0 aliphatic rings. The van der Waals surface area contributed by atoms with Crippen molar-refractivity contribution >= 4 is 29.6 Å². The normalized spacial score (nSPS) is 14.4. The van der Waals surface area contributed by atoms with Crippen LogP contribution in [0.3, 0.4) is 0 Å². The number of aliphatic carboxylic acids is 1. The van der Waals surface area contributed by atoms with Gasteiger partial charge in [-0.25, -0.2) is 4.79 Å². The van der Waals surface area contributed by atoms with E-state index in [9.17, 15) is 29.1 Å². The molecule has 4 atom stereocenters. The predicted octanol–water partition coefficient (Wildman–Crippen LogP) is -1.99. The highest BCUT2D eigenvalue weighted by Gasteiger charge is 2.31. The van der Waals surface area contributed by atoms with Crippen LogP contribution in [0, 0.1) is 5.92 Å². The van der Waals surface area contributed by atoms with Gasteiger partial charge in [0.15, 0.2) is 0 Å². The van der Waals surface area contributed by atoms with E-state index in [0.717, 1.165) is 0 Å². The Morgan fingerprint density at radius 3 is 1.91 bits per heavy atom. The molecule has 4 amide bonds. The lowest BCUT2D eigenvalue weighted by molar-refractivity contribution is -0.142. The number of amides is 4. The molecule has 12 heteroatoms. The number of hydrogen-bond acceptors (Lipinski definition) is 7. The van der Waals surface area contributed by atoms with Gasteiger partial charge < -0.3 is 37.6 Å². The van der Waals surface area contributed by atoms with E-state index in [0.29, 0.717) is 5.56 Å². The number of hydrogen-bond donors (Lipinski definition) is 7. The topological polar surface area (TPSA) is 214 Å². The zero-order valence-corrected chi connectivity index (χ0v) is 19.2. The number of nitrogens with one attached hydrogen (secondary N) is 3. The Balaban J connectivity index is 3.00. The van der Waals surface area contributed by atoms with Crippen LogP contribution in [0.2, 0.25) is 0 Å². The first-order valence-electron chi connectivity index (χ1n) is 10.8. The number of primary amides is 1. The number of aliphatic hydroxyl groups is 1. The molecule has 1 aromatic rings. The third kappa shape index (κ3) is 9.96. The molecule has 0 heterocycles. The van der Waals surface area contributed by atoms with Crippen LogP contribution in [0.15, 0.2) is 30.3 Å². The van der Waals surface area contributed by atoms with Crippen LogP contribution in [-0.4, -0.2) is 70.6 Å². The number of nitrogens with two attached hydrogens (primary N) is 2. The third-order valence-corrected chi connectivity index (χ3v) is 4.81. The molecule has 0 saturated carbocycles. The standard InChI is InChI=1S/C22H33N5O7/c1-12(2)8-15(25-19(30)14(23)11-28)20(31)26-16(10-18(24)29)21(32)27-17(22(33)34)9-13-6-4-3-5-7-13/h3-7,12,14-17,28H,8-11,23H2,1-2H3,(H2,24,29)(H,25,30)(H,26,31)(H,27,32)(H,33,34). The molecular formula is C22H33N5O7. The Kier molecular flexibility index (Phi) is 11.7. The second-order valence-corrected chi connectivity index (χ2v) is 8.30. The summed E-state index contributed by atoms with van der Waals surface area (Å²) in [6.45, 7) is 2.96. The van der Waals surface area contributed by atoms with Crippen LogP contribution in [-0.2, 0) is 30.4 Å². The van der Waals surface area contributed by atoms with Crippen molar-refractivity contribution in [1.82, 2.24) is 16.0 Å². The highest BCUT2D eigenvalue weighted by atomic mass is 16.4. The van der Waals surface area contributed by atoms with E-state index >= 15 is 0 Å². The monoisotopic (exact) mass is 479 g/mol. The predicted molar refractivity (Wildman–Crippen MR) is 122 cm³/mol. The molecule has 1 rings (SSSR count). The van der Waals surface area contributed by atoms with Crippen LogP contribution in [0.25, 0.3) is 0 Å². The van der Waals surface area contributed by atoms with Crippen molar-refractivity contribution in [2.45, 2.75) is 57.3 Å². The average Bonchev–Trinajstić information content (AvgIpc) is 2.76. The molecule has 0 saturated heterocycles. The number of carboxylic acid groups (broad SMARTS) is 1. The summed E-state index contributed by atoms with van der Waals surface area (Å²) < 4.78 is 0. The number of benzene rings is 1. The largest absolute Gasteiger partial charge is 0.480 e. The molecule has 0 aliphatic carbocycles. The highest BCUT2D eigenvalue weighted by molar-refractivity contribution is 5.96.